The van der Waals surface area contributed by atoms with Crippen molar-refractivity contribution in [1.29, 1.82) is 0 Å². The fraction of sp³-hybridized carbons (Fsp3) is 0. The largest absolute Gasteiger partial charge is 0.504 e. The van der Waals surface area contributed by atoms with E-state index < -0.39 is 63.2 Å². The van der Waals surface area contributed by atoms with Crippen molar-refractivity contribution >= 4 is 0 Å². The van der Waals surface area contributed by atoms with Crippen molar-refractivity contribution in [3.8, 4) is 34.1 Å². The summed E-state index contributed by atoms with van der Waals surface area (Å²) in [4.78, 5) is 0. The van der Waals surface area contributed by atoms with E-state index in [1.807, 2.05) is 0 Å². The number of rotatable bonds is 1. The molecule has 0 aliphatic heterocycles. The predicted molar refractivity (Wildman–Crippen MR) is 58.3 cm³/mol. The SMILES string of the molecule is Oc1cc(-c2c(F)c(F)c(O)c(F)c2F)c(F)c(O)c1O. The van der Waals surface area contributed by atoms with Gasteiger partial charge in [-0.2, -0.15) is 8.78 Å². The average molecular weight is 308 g/mol. The highest BCUT2D eigenvalue weighted by Gasteiger charge is 2.30. The highest BCUT2D eigenvalue weighted by Crippen LogP contribution is 2.44. The Balaban J connectivity index is 2.93. The van der Waals surface area contributed by atoms with Gasteiger partial charge in [0.05, 0.1) is 5.56 Å². The van der Waals surface area contributed by atoms with Crippen LogP contribution in [0, 0.1) is 29.1 Å². The molecule has 0 amide bonds. The first-order chi connectivity index (χ1) is 9.68. The van der Waals surface area contributed by atoms with Crippen LogP contribution in [0.3, 0.4) is 0 Å². The molecular formula is C12H5F5O4. The normalized spacial score (nSPS) is 10.9. The lowest BCUT2D eigenvalue weighted by Gasteiger charge is -2.12. The van der Waals surface area contributed by atoms with Gasteiger partial charge in [0.15, 0.2) is 34.7 Å². The summed E-state index contributed by atoms with van der Waals surface area (Å²) < 4.78 is 67.3. The maximum atomic E-state index is 13.7. The van der Waals surface area contributed by atoms with Crippen molar-refractivity contribution in [3.05, 3.63) is 35.2 Å². The first kappa shape index (κ1) is 14.7. The van der Waals surface area contributed by atoms with Gasteiger partial charge in [-0.3, -0.25) is 0 Å². The standard InChI is InChI=1S/C12H5F5O4/c13-5-2(1-3(18)10(19)12(5)21)4-6(14)8(16)11(20)9(17)7(4)15/h1,18-21H. The van der Waals surface area contributed by atoms with E-state index in [0.29, 0.717) is 0 Å². The van der Waals surface area contributed by atoms with E-state index in [1.54, 1.807) is 0 Å². The van der Waals surface area contributed by atoms with E-state index in [0.717, 1.165) is 0 Å². The van der Waals surface area contributed by atoms with E-state index >= 15 is 0 Å². The maximum absolute atomic E-state index is 13.7. The Morgan fingerprint density at radius 1 is 0.571 bits per heavy atom. The van der Waals surface area contributed by atoms with Gasteiger partial charge >= 0.3 is 0 Å². The van der Waals surface area contributed by atoms with Crippen molar-refractivity contribution in [2.75, 3.05) is 0 Å². The number of benzene rings is 2. The molecule has 0 saturated heterocycles. The summed E-state index contributed by atoms with van der Waals surface area (Å²) in [5.74, 6) is -16.5. The monoisotopic (exact) mass is 308 g/mol. The summed E-state index contributed by atoms with van der Waals surface area (Å²) in [7, 11) is 0. The van der Waals surface area contributed by atoms with Crippen LogP contribution in [0.15, 0.2) is 6.07 Å². The molecule has 4 nitrogen and oxygen atoms in total. The van der Waals surface area contributed by atoms with Crippen molar-refractivity contribution in [1.82, 2.24) is 0 Å². The van der Waals surface area contributed by atoms with E-state index in [9.17, 15) is 27.1 Å². The maximum Gasteiger partial charge on any atom is 0.204 e. The second-order valence-corrected chi connectivity index (χ2v) is 3.93. The summed E-state index contributed by atoms with van der Waals surface area (Å²) in [6.45, 7) is 0. The summed E-state index contributed by atoms with van der Waals surface area (Å²) in [6.07, 6.45) is 0. The Bertz CT molecular complexity index is 731. The number of hydrogen-bond donors (Lipinski definition) is 4. The molecule has 0 fully saturated rings. The molecule has 0 atom stereocenters. The molecule has 0 unspecified atom stereocenters. The molecule has 0 bridgehead atoms. The smallest absolute Gasteiger partial charge is 0.204 e. The fourth-order valence-corrected chi connectivity index (χ4v) is 1.66. The minimum absolute atomic E-state index is 0.252. The van der Waals surface area contributed by atoms with Gasteiger partial charge in [0.25, 0.3) is 0 Å². The Kier molecular flexibility index (Phi) is 3.28. The zero-order valence-electron chi connectivity index (χ0n) is 9.76. The summed E-state index contributed by atoms with van der Waals surface area (Å²) in [6, 6.07) is 0.252. The van der Waals surface area contributed by atoms with Crippen LogP contribution in [0.1, 0.15) is 0 Å². The Labute approximate surface area is 112 Å². The molecule has 0 saturated carbocycles. The second-order valence-electron chi connectivity index (χ2n) is 3.93. The number of halogens is 5. The third-order valence-electron chi connectivity index (χ3n) is 2.70. The van der Waals surface area contributed by atoms with Crippen LogP contribution in [-0.2, 0) is 0 Å². The van der Waals surface area contributed by atoms with Crippen LogP contribution in [0.4, 0.5) is 22.0 Å². The molecule has 4 N–H and O–H groups in total. The van der Waals surface area contributed by atoms with Crippen LogP contribution >= 0.6 is 0 Å². The fourth-order valence-electron chi connectivity index (χ4n) is 1.66. The van der Waals surface area contributed by atoms with E-state index in [1.165, 1.54) is 0 Å². The molecule has 0 heterocycles. The number of phenols is 4. The number of phenolic OH excluding ortho intramolecular Hbond substituents is 4. The summed E-state index contributed by atoms with van der Waals surface area (Å²) >= 11 is 0. The molecule has 0 aliphatic carbocycles. The van der Waals surface area contributed by atoms with Crippen LogP contribution in [0.25, 0.3) is 11.1 Å². The molecule has 0 spiro atoms. The van der Waals surface area contributed by atoms with Gasteiger partial charge in [0, 0.05) is 5.56 Å². The van der Waals surface area contributed by atoms with Gasteiger partial charge in [-0.1, -0.05) is 0 Å². The highest BCUT2D eigenvalue weighted by molar-refractivity contribution is 5.73. The average Bonchev–Trinajstić information content (AvgIpc) is 2.46. The van der Waals surface area contributed by atoms with Crippen molar-refractivity contribution in [3.63, 3.8) is 0 Å². The van der Waals surface area contributed by atoms with E-state index in [-0.39, 0.29) is 6.07 Å². The van der Waals surface area contributed by atoms with Gasteiger partial charge in [-0.05, 0) is 6.07 Å². The Morgan fingerprint density at radius 2 is 1.05 bits per heavy atom. The van der Waals surface area contributed by atoms with Crippen LogP contribution < -0.4 is 0 Å². The first-order valence-electron chi connectivity index (χ1n) is 5.17. The zero-order chi connectivity index (χ0) is 16.1. The minimum atomic E-state index is -2.18. The Hall–Kier alpha value is -2.71. The van der Waals surface area contributed by atoms with Gasteiger partial charge in [-0.25, -0.2) is 13.2 Å². The Morgan fingerprint density at radius 3 is 1.52 bits per heavy atom. The molecule has 2 aromatic carbocycles. The minimum Gasteiger partial charge on any atom is -0.504 e. The van der Waals surface area contributed by atoms with Crippen LogP contribution in [-0.4, -0.2) is 20.4 Å². The van der Waals surface area contributed by atoms with Gasteiger partial charge < -0.3 is 20.4 Å². The van der Waals surface area contributed by atoms with Gasteiger partial charge in [0.2, 0.25) is 17.4 Å². The summed E-state index contributed by atoms with van der Waals surface area (Å²) in [5.41, 5.74) is -2.86. The second kappa shape index (κ2) is 4.69. The van der Waals surface area contributed by atoms with Crippen molar-refractivity contribution < 1.29 is 42.4 Å². The third-order valence-corrected chi connectivity index (χ3v) is 2.70. The molecule has 0 aliphatic rings. The zero-order valence-corrected chi connectivity index (χ0v) is 9.76. The molecule has 2 aromatic rings. The lowest BCUT2D eigenvalue weighted by atomic mass is 10.0. The lowest BCUT2D eigenvalue weighted by molar-refractivity contribution is 0.350. The topological polar surface area (TPSA) is 80.9 Å². The van der Waals surface area contributed by atoms with E-state index in [2.05, 4.69) is 0 Å². The molecular weight excluding hydrogens is 303 g/mol. The van der Waals surface area contributed by atoms with E-state index in [4.69, 9.17) is 15.3 Å². The third kappa shape index (κ3) is 1.97. The van der Waals surface area contributed by atoms with Crippen molar-refractivity contribution in [2.45, 2.75) is 0 Å². The molecule has 21 heavy (non-hydrogen) atoms. The number of hydrogen-bond acceptors (Lipinski definition) is 4. The lowest BCUT2D eigenvalue weighted by Crippen LogP contribution is -2.01. The van der Waals surface area contributed by atoms with Crippen LogP contribution in [0.5, 0.6) is 23.0 Å². The molecule has 2 rings (SSSR count). The quantitative estimate of drug-likeness (QED) is 0.371. The number of aromatic hydroxyl groups is 4. The molecule has 0 radical (unpaired) electrons. The molecule has 9 heteroatoms. The van der Waals surface area contributed by atoms with Gasteiger partial charge in [-0.15, -0.1) is 0 Å². The first-order valence-corrected chi connectivity index (χ1v) is 5.17. The van der Waals surface area contributed by atoms with Crippen LogP contribution in [0.2, 0.25) is 0 Å². The predicted octanol–water partition coefficient (Wildman–Crippen LogP) is 2.87. The summed E-state index contributed by atoms with van der Waals surface area (Å²) in [5, 5.41) is 36.2. The highest BCUT2D eigenvalue weighted by atomic mass is 19.2. The molecule has 0 aromatic heterocycles. The molecule has 112 valence electrons. The van der Waals surface area contributed by atoms with Crippen molar-refractivity contribution in [2.24, 2.45) is 0 Å². The van der Waals surface area contributed by atoms with Gasteiger partial charge in [0.1, 0.15) is 0 Å².